The Hall–Kier alpha value is -1.88. The van der Waals surface area contributed by atoms with Gasteiger partial charge in [-0.05, 0) is 0 Å². The Morgan fingerprint density at radius 2 is 1.36 bits per heavy atom. The molecule has 0 atom stereocenters. The van der Waals surface area contributed by atoms with Crippen molar-refractivity contribution in [3.05, 3.63) is 23.8 Å². The first-order valence-electron chi connectivity index (χ1n) is 2.49. The van der Waals surface area contributed by atoms with Crippen molar-refractivity contribution in [2.24, 2.45) is 0 Å². The molecule has 0 aliphatic heterocycles. The molecule has 0 N–H and O–H groups in total. The van der Waals surface area contributed by atoms with E-state index in [0.29, 0.717) is 0 Å². The molecule has 0 aromatic carbocycles. The molecule has 0 unspecified atom stereocenters. The summed E-state index contributed by atoms with van der Waals surface area (Å²) < 4.78 is 0. The fourth-order valence-electron chi connectivity index (χ4n) is 0.502. The van der Waals surface area contributed by atoms with Crippen LogP contribution in [0.15, 0.2) is 12.4 Å². The zero-order chi connectivity index (χ0) is 7.40. The van der Waals surface area contributed by atoms with Gasteiger partial charge in [0.25, 0.3) is 0 Å². The molecule has 1 aromatic rings. The van der Waals surface area contributed by atoms with Crippen LogP contribution >= 0.6 is 0 Å². The Balaban J connectivity index is 0.000001000. The normalized spacial score (nSPS) is 7.09. The summed E-state index contributed by atoms with van der Waals surface area (Å²) in [5, 5.41) is 16.7. The SMILES string of the molecule is N#Cc1nccnc1C#N.[B]. The van der Waals surface area contributed by atoms with E-state index in [1.54, 1.807) is 12.1 Å². The number of hydrogen-bond acceptors (Lipinski definition) is 4. The molecule has 0 aliphatic carbocycles. The molecule has 49 valence electrons. The number of nitriles is 2. The second kappa shape index (κ2) is 4.02. The lowest BCUT2D eigenvalue weighted by molar-refractivity contribution is 1.13. The van der Waals surface area contributed by atoms with Crippen LogP contribution in [0.3, 0.4) is 0 Å². The predicted molar refractivity (Wildman–Crippen MR) is 37.2 cm³/mol. The van der Waals surface area contributed by atoms with Crippen molar-refractivity contribution in [2.45, 2.75) is 0 Å². The van der Waals surface area contributed by atoms with Crippen molar-refractivity contribution in [1.82, 2.24) is 9.97 Å². The van der Waals surface area contributed by atoms with Gasteiger partial charge in [-0.15, -0.1) is 0 Å². The predicted octanol–water partition coefficient (Wildman–Crippen LogP) is -0.161. The summed E-state index contributed by atoms with van der Waals surface area (Å²) in [5.41, 5.74) is 0.148. The van der Waals surface area contributed by atoms with Crippen LogP contribution < -0.4 is 0 Å². The maximum Gasteiger partial charge on any atom is 0.177 e. The van der Waals surface area contributed by atoms with Gasteiger partial charge in [-0.1, -0.05) is 0 Å². The lowest BCUT2D eigenvalue weighted by Gasteiger charge is -1.86. The highest BCUT2D eigenvalue weighted by Gasteiger charge is 1.99. The Kier molecular flexibility index (Phi) is 3.34. The van der Waals surface area contributed by atoms with E-state index in [-0.39, 0.29) is 19.8 Å². The van der Waals surface area contributed by atoms with Gasteiger partial charge in [-0.2, -0.15) is 10.5 Å². The third-order valence-corrected chi connectivity index (χ3v) is 0.910. The van der Waals surface area contributed by atoms with Crippen molar-refractivity contribution in [1.29, 1.82) is 10.5 Å². The lowest BCUT2D eigenvalue weighted by Crippen LogP contribution is -1.90. The van der Waals surface area contributed by atoms with Crippen LogP contribution in [-0.2, 0) is 0 Å². The molecule has 3 radical (unpaired) electrons. The van der Waals surface area contributed by atoms with Crippen molar-refractivity contribution >= 4 is 8.41 Å². The lowest BCUT2D eigenvalue weighted by atomic mass is 10.3. The third-order valence-electron chi connectivity index (χ3n) is 0.910. The number of nitrogens with zero attached hydrogens (tertiary/aromatic N) is 4. The summed E-state index contributed by atoms with van der Waals surface area (Å²) in [7, 11) is 0. The highest BCUT2D eigenvalue weighted by atomic mass is 14.8. The number of hydrogen-bond donors (Lipinski definition) is 0. The molecular weight excluding hydrogens is 139 g/mol. The monoisotopic (exact) mass is 141 g/mol. The molecule has 4 nitrogen and oxygen atoms in total. The van der Waals surface area contributed by atoms with E-state index in [4.69, 9.17) is 10.5 Å². The van der Waals surface area contributed by atoms with E-state index in [9.17, 15) is 0 Å². The number of aromatic nitrogens is 2. The summed E-state index contributed by atoms with van der Waals surface area (Å²) in [5.74, 6) is 0. The molecule has 0 saturated carbocycles. The Morgan fingerprint density at radius 3 is 1.64 bits per heavy atom. The van der Waals surface area contributed by atoms with Gasteiger partial charge < -0.3 is 0 Å². The summed E-state index contributed by atoms with van der Waals surface area (Å²) in [6.07, 6.45) is 2.75. The van der Waals surface area contributed by atoms with Crippen molar-refractivity contribution < 1.29 is 0 Å². The molecule has 11 heavy (non-hydrogen) atoms. The van der Waals surface area contributed by atoms with Gasteiger partial charge in [-0.3, -0.25) is 0 Å². The molecule has 0 saturated heterocycles. The smallest absolute Gasteiger partial charge is 0.177 e. The van der Waals surface area contributed by atoms with Crippen LogP contribution in [0.1, 0.15) is 11.4 Å². The quantitative estimate of drug-likeness (QED) is 0.470. The van der Waals surface area contributed by atoms with Crippen LogP contribution in [0.2, 0.25) is 0 Å². The van der Waals surface area contributed by atoms with E-state index >= 15 is 0 Å². The molecule has 1 aromatic heterocycles. The molecule has 0 amide bonds. The van der Waals surface area contributed by atoms with E-state index in [0.717, 1.165) is 0 Å². The van der Waals surface area contributed by atoms with E-state index in [1.807, 2.05) is 0 Å². The molecule has 1 rings (SSSR count). The minimum absolute atomic E-state index is 0. The first kappa shape index (κ1) is 9.12. The van der Waals surface area contributed by atoms with Gasteiger partial charge in [0.1, 0.15) is 12.1 Å². The van der Waals surface area contributed by atoms with Crippen LogP contribution in [0.25, 0.3) is 0 Å². The fourth-order valence-corrected chi connectivity index (χ4v) is 0.502. The minimum Gasteiger partial charge on any atom is -0.241 e. The molecule has 0 bridgehead atoms. The van der Waals surface area contributed by atoms with Gasteiger partial charge in [0.2, 0.25) is 0 Å². The largest absolute Gasteiger partial charge is 0.241 e. The van der Waals surface area contributed by atoms with Gasteiger partial charge in [0.15, 0.2) is 11.4 Å². The van der Waals surface area contributed by atoms with Crippen molar-refractivity contribution in [3.63, 3.8) is 0 Å². The highest BCUT2D eigenvalue weighted by molar-refractivity contribution is 5.75. The van der Waals surface area contributed by atoms with E-state index in [1.165, 1.54) is 12.4 Å². The molecule has 1 heterocycles. The zero-order valence-corrected chi connectivity index (χ0v) is 5.52. The second-order valence-corrected chi connectivity index (χ2v) is 1.48. The van der Waals surface area contributed by atoms with Crippen LogP contribution in [0.5, 0.6) is 0 Å². The van der Waals surface area contributed by atoms with E-state index < -0.39 is 0 Å². The van der Waals surface area contributed by atoms with Gasteiger partial charge >= 0.3 is 0 Å². The first-order chi connectivity index (χ1) is 4.88. The Labute approximate surface area is 65.7 Å². The van der Waals surface area contributed by atoms with Crippen molar-refractivity contribution in [3.8, 4) is 12.1 Å². The van der Waals surface area contributed by atoms with Crippen molar-refractivity contribution in [2.75, 3.05) is 0 Å². The summed E-state index contributed by atoms with van der Waals surface area (Å²) in [4.78, 5) is 7.24. The average Bonchev–Trinajstić information content (AvgIpc) is 2.04. The highest BCUT2D eigenvalue weighted by Crippen LogP contribution is 1.95. The van der Waals surface area contributed by atoms with Crippen LogP contribution in [0.4, 0.5) is 0 Å². The second-order valence-electron chi connectivity index (χ2n) is 1.48. The third kappa shape index (κ3) is 1.77. The molecule has 0 spiro atoms. The molecule has 0 aliphatic rings. The molecular formula is C6H2BN4. The summed E-state index contributed by atoms with van der Waals surface area (Å²) in [6.45, 7) is 0. The summed E-state index contributed by atoms with van der Waals surface area (Å²) in [6, 6.07) is 3.50. The van der Waals surface area contributed by atoms with Crippen LogP contribution in [-0.4, -0.2) is 18.4 Å². The maximum absolute atomic E-state index is 8.35. The molecule has 0 fully saturated rings. The number of rotatable bonds is 0. The standard InChI is InChI=1S/C6H2N4.B/c7-3-5-6(4-8)10-2-1-9-5;/h1-2H;. The summed E-state index contributed by atoms with van der Waals surface area (Å²) >= 11 is 0. The zero-order valence-electron chi connectivity index (χ0n) is 5.52. The van der Waals surface area contributed by atoms with Gasteiger partial charge in [-0.25, -0.2) is 9.97 Å². The van der Waals surface area contributed by atoms with E-state index in [2.05, 4.69) is 9.97 Å². The first-order valence-corrected chi connectivity index (χ1v) is 2.49. The van der Waals surface area contributed by atoms with Gasteiger partial charge in [0.05, 0.1) is 0 Å². The average molecular weight is 141 g/mol. The fraction of sp³-hybridized carbons (Fsp3) is 0. The molecule has 5 heteroatoms. The van der Waals surface area contributed by atoms with Crippen LogP contribution in [0, 0.1) is 22.7 Å². The Bertz CT molecular complexity index is 289. The minimum atomic E-state index is 0. The Morgan fingerprint density at radius 1 is 1.00 bits per heavy atom. The maximum atomic E-state index is 8.35. The van der Waals surface area contributed by atoms with Gasteiger partial charge in [0, 0.05) is 20.8 Å². The topological polar surface area (TPSA) is 73.4 Å².